The normalized spacial score (nSPS) is 12.8. The molecule has 4 N–H and O–H groups in total. The highest BCUT2D eigenvalue weighted by Gasteiger charge is 2.16. The van der Waals surface area contributed by atoms with E-state index in [1.54, 1.807) is 6.07 Å². The van der Waals surface area contributed by atoms with E-state index in [4.69, 9.17) is 10.8 Å². The number of aryl methyl sites for hydroxylation is 1. The third kappa shape index (κ3) is 3.20. The van der Waals surface area contributed by atoms with Gasteiger partial charge in [0.05, 0.1) is 0 Å². The number of carboxylic acids is 1. The topological polar surface area (TPSA) is 83.5 Å². The van der Waals surface area contributed by atoms with Gasteiger partial charge in [0.15, 0.2) is 0 Å². The summed E-state index contributed by atoms with van der Waals surface area (Å²) in [5.41, 5.74) is 8.17. The Morgan fingerprint density at radius 2 is 2.00 bits per heavy atom. The zero-order valence-corrected chi connectivity index (χ0v) is 10.4. The standard InChI is InChI=1S/C13H19NO3/c1-7(2)10-5-9(6-11(14)13(16)17)12(15)4-8(10)3/h4-5,7,11,15H,6,14H2,1-3H3,(H,16,17). The van der Waals surface area contributed by atoms with Crippen molar-refractivity contribution in [2.24, 2.45) is 5.73 Å². The van der Waals surface area contributed by atoms with Crippen molar-refractivity contribution in [3.8, 4) is 5.75 Å². The average Bonchev–Trinajstić information content (AvgIpc) is 2.21. The molecule has 94 valence electrons. The molecule has 1 rings (SSSR count). The fourth-order valence-electron chi connectivity index (χ4n) is 1.87. The van der Waals surface area contributed by atoms with Crippen molar-refractivity contribution >= 4 is 5.97 Å². The number of phenols is 1. The highest BCUT2D eigenvalue weighted by molar-refractivity contribution is 5.73. The summed E-state index contributed by atoms with van der Waals surface area (Å²) in [5.74, 6) is -0.616. The molecule has 0 bridgehead atoms. The van der Waals surface area contributed by atoms with Crippen LogP contribution in [0.4, 0.5) is 0 Å². The molecule has 4 nitrogen and oxygen atoms in total. The van der Waals surface area contributed by atoms with Crippen molar-refractivity contribution in [1.29, 1.82) is 0 Å². The first-order valence-corrected chi connectivity index (χ1v) is 5.63. The Bertz CT molecular complexity index is 427. The summed E-state index contributed by atoms with van der Waals surface area (Å²) in [4.78, 5) is 10.7. The molecule has 1 unspecified atom stereocenters. The van der Waals surface area contributed by atoms with Crippen LogP contribution in [0.15, 0.2) is 12.1 Å². The number of hydrogen-bond donors (Lipinski definition) is 3. The number of hydrogen-bond acceptors (Lipinski definition) is 3. The maximum Gasteiger partial charge on any atom is 0.320 e. The fraction of sp³-hybridized carbons (Fsp3) is 0.462. The lowest BCUT2D eigenvalue weighted by atomic mass is 9.93. The summed E-state index contributed by atoms with van der Waals surface area (Å²) >= 11 is 0. The smallest absolute Gasteiger partial charge is 0.320 e. The van der Waals surface area contributed by atoms with E-state index in [2.05, 4.69) is 13.8 Å². The van der Waals surface area contributed by atoms with Crippen LogP contribution in [0.25, 0.3) is 0 Å². The molecular weight excluding hydrogens is 218 g/mol. The van der Waals surface area contributed by atoms with Crippen molar-refractivity contribution in [2.75, 3.05) is 0 Å². The Kier molecular flexibility index (Phi) is 4.12. The van der Waals surface area contributed by atoms with E-state index in [9.17, 15) is 9.90 Å². The lowest BCUT2D eigenvalue weighted by Gasteiger charge is -2.15. The molecule has 1 aromatic rings. The molecular formula is C13H19NO3. The molecule has 0 aliphatic carbocycles. The van der Waals surface area contributed by atoms with Gasteiger partial charge in [0.1, 0.15) is 11.8 Å². The molecule has 0 fully saturated rings. The van der Waals surface area contributed by atoms with Crippen LogP contribution in [0.3, 0.4) is 0 Å². The lowest BCUT2D eigenvalue weighted by molar-refractivity contribution is -0.138. The van der Waals surface area contributed by atoms with E-state index < -0.39 is 12.0 Å². The molecule has 0 amide bonds. The van der Waals surface area contributed by atoms with Crippen LogP contribution in [-0.2, 0) is 11.2 Å². The number of phenolic OH excluding ortho intramolecular Hbond substituents is 1. The maximum absolute atomic E-state index is 10.7. The van der Waals surface area contributed by atoms with Gasteiger partial charge in [-0.3, -0.25) is 4.79 Å². The van der Waals surface area contributed by atoms with Gasteiger partial charge in [0.25, 0.3) is 0 Å². The van der Waals surface area contributed by atoms with Gasteiger partial charge in [-0.1, -0.05) is 19.9 Å². The van der Waals surface area contributed by atoms with Gasteiger partial charge in [0, 0.05) is 6.42 Å². The predicted octanol–water partition coefficient (Wildman–Crippen LogP) is 1.78. The summed E-state index contributed by atoms with van der Waals surface area (Å²) in [6.07, 6.45) is 0.140. The van der Waals surface area contributed by atoms with Crippen molar-refractivity contribution in [3.05, 3.63) is 28.8 Å². The first-order valence-electron chi connectivity index (χ1n) is 5.63. The SMILES string of the molecule is Cc1cc(O)c(CC(N)C(=O)O)cc1C(C)C. The van der Waals surface area contributed by atoms with Gasteiger partial charge in [-0.05, 0) is 35.6 Å². The van der Waals surface area contributed by atoms with Gasteiger partial charge in [-0.2, -0.15) is 0 Å². The number of carbonyl (C=O) groups is 1. The van der Waals surface area contributed by atoms with Crippen LogP contribution in [0.5, 0.6) is 5.75 Å². The number of nitrogens with two attached hydrogens (primary N) is 1. The van der Waals surface area contributed by atoms with Crippen LogP contribution in [0.2, 0.25) is 0 Å². The summed E-state index contributed by atoms with van der Waals surface area (Å²) in [5, 5.41) is 18.5. The van der Waals surface area contributed by atoms with E-state index in [0.29, 0.717) is 11.5 Å². The number of benzene rings is 1. The van der Waals surface area contributed by atoms with Crippen molar-refractivity contribution in [3.63, 3.8) is 0 Å². The summed E-state index contributed by atoms with van der Waals surface area (Å²) < 4.78 is 0. The van der Waals surface area contributed by atoms with Crippen LogP contribution in [-0.4, -0.2) is 22.2 Å². The molecule has 0 saturated heterocycles. The molecule has 0 aromatic heterocycles. The van der Waals surface area contributed by atoms with Gasteiger partial charge in [-0.15, -0.1) is 0 Å². The number of rotatable bonds is 4. The third-order valence-corrected chi connectivity index (χ3v) is 2.85. The van der Waals surface area contributed by atoms with E-state index in [1.165, 1.54) is 0 Å². The average molecular weight is 237 g/mol. The molecule has 1 aromatic carbocycles. The molecule has 0 radical (unpaired) electrons. The van der Waals surface area contributed by atoms with Crippen molar-refractivity contribution in [2.45, 2.75) is 39.2 Å². The largest absolute Gasteiger partial charge is 0.508 e. The zero-order valence-electron chi connectivity index (χ0n) is 10.4. The second-order valence-electron chi connectivity index (χ2n) is 4.64. The molecule has 17 heavy (non-hydrogen) atoms. The fourth-order valence-corrected chi connectivity index (χ4v) is 1.87. The van der Waals surface area contributed by atoms with E-state index in [0.717, 1.165) is 11.1 Å². The minimum Gasteiger partial charge on any atom is -0.508 e. The first-order chi connectivity index (χ1) is 7.82. The molecule has 0 saturated carbocycles. The Morgan fingerprint density at radius 3 is 2.47 bits per heavy atom. The number of aliphatic carboxylic acids is 1. The molecule has 0 aliphatic rings. The number of carboxylic acid groups (broad SMARTS) is 1. The second-order valence-corrected chi connectivity index (χ2v) is 4.64. The quantitative estimate of drug-likeness (QED) is 0.745. The zero-order chi connectivity index (χ0) is 13.2. The van der Waals surface area contributed by atoms with E-state index in [-0.39, 0.29) is 12.2 Å². The van der Waals surface area contributed by atoms with Crippen LogP contribution >= 0.6 is 0 Å². The molecule has 0 aliphatic heterocycles. The van der Waals surface area contributed by atoms with Gasteiger partial charge in [0.2, 0.25) is 0 Å². The van der Waals surface area contributed by atoms with E-state index in [1.807, 2.05) is 13.0 Å². The Labute approximate surface area is 101 Å². The second kappa shape index (κ2) is 5.19. The Balaban J connectivity index is 3.07. The summed E-state index contributed by atoms with van der Waals surface area (Å²) in [6, 6.07) is 2.53. The number of aromatic hydroxyl groups is 1. The van der Waals surface area contributed by atoms with Crippen LogP contribution in [0, 0.1) is 6.92 Å². The van der Waals surface area contributed by atoms with Crippen molar-refractivity contribution in [1.82, 2.24) is 0 Å². The molecule has 1 atom stereocenters. The Hall–Kier alpha value is -1.55. The van der Waals surface area contributed by atoms with Crippen LogP contribution in [0.1, 0.15) is 36.5 Å². The summed E-state index contributed by atoms with van der Waals surface area (Å²) in [7, 11) is 0. The van der Waals surface area contributed by atoms with Gasteiger partial charge in [-0.25, -0.2) is 0 Å². The molecule has 0 spiro atoms. The van der Waals surface area contributed by atoms with E-state index >= 15 is 0 Å². The predicted molar refractivity (Wildman–Crippen MR) is 66.2 cm³/mol. The monoisotopic (exact) mass is 237 g/mol. The lowest BCUT2D eigenvalue weighted by Crippen LogP contribution is -2.32. The first kappa shape index (κ1) is 13.5. The van der Waals surface area contributed by atoms with Crippen molar-refractivity contribution < 1.29 is 15.0 Å². The molecule has 0 heterocycles. The Morgan fingerprint density at radius 1 is 1.41 bits per heavy atom. The van der Waals surface area contributed by atoms with Gasteiger partial charge >= 0.3 is 5.97 Å². The van der Waals surface area contributed by atoms with Crippen LogP contribution < -0.4 is 5.73 Å². The minimum absolute atomic E-state index is 0.114. The third-order valence-electron chi connectivity index (χ3n) is 2.85. The minimum atomic E-state index is -1.06. The highest BCUT2D eigenvalue weighted by atomic mass is 16.4. The van der Waals surface area contributed by atoms with Gasteiger partial charge < -0.3 is 15.9 Å². The molecule has 4 heteroatoms. The maximum atomic E-state index is 10.7. The summed E-state index contributed by atoms with van der Waals surface area (Å²) in [6.45, 7) is 6.04. The highest BCUT2D eigenvalue weighted by Crippen LogP contribution is 2.27.